The molecule has 2 amide bonds. The first-order valence-corrected chi connectivity index (χ1v) is 11.2. The summed E-state index contributed by atoms with van der Waals surface area (Å²) in [6, 6.07) is 18.3. The molecule has 0 saturated heterocycles. The van der Waals surface area contributed by atoms with Gasteiger partial charge >= 0.3 is 6.03 Å². The van der Waals surface area contributed by atoms with Gasteiger partial charge in [0.1, 0.15) is 0 Å². The molecule has 0 radical (unpaired) electrons. The van der Waals surface area contributed by atoms with E-state index in [1.807, 2.05) is 36.4 Å². The Morgan fingerprint density at radius 3 is 2.41 bits per heavy atom. The molecule has 1 aromatic heterocycles. The van der Waals surface area contributed by atoms with E-state index in [9.17, 15) is 13.2 Å². The van der Waals surface area contributed by atoms with Crippen molar-refractivity contribution in [3.63, 3.8) is 0 Å². The van der Waals surface area contributed by atoms with Gasteiger partial charge in [0.25, 0.3) is 10.0 Å². The zero-order valence-electron chi connectivity index (χ0n) is 15.7. The maximum absolute atomic E-state index is 12.6. The molecule has 0 fully saturated rings. The zero-order valence-corrected chi connectivity index (χ0v) is 18.1. The van der Waals surface area contributed by atoms with Crippen LogP contribution in [0.5, 0.6) is 0 Å². The Kier molecular flexibility index (Phi) is 6.66. The maximum atomic E-state index is 12.6. The van der Waals surface area contributed by atoms with Gasteiger partial charge in [0.05, 0.1) is 16.6 Å². The second-order valence-corrected chi connectivity index (χ2v) is 8.96. The van der Waals surface area contributed by atoms with Crippen LogP contribution in [-0.2, 0) is 16.4 Å². The highest BCUT2D eigenvalue weighted by Gasteiger charge is 2.23. The van der Waals surface area contributed by atoms with Gasteiger partial charge in [-0.1, -0.05) is 48.5 Å². The number of carbonyl (C=O) groups is 1. The van der Waals surface area contributed by atoms with Crippen LogP contribution in [0.25, 0.3) is 0 Å². The van der Waals surface area contributed by atoms with E-state index in [4.69, 9.17) is 0 Å². The molecule has 0 unspecified atom stereocenters. The number of aryl methyl sites for hydroxylation is 1. The van der Waals surface area contributed by atoms with E-state index in [1.165, 1.54) is 6.07 Å². The molecule has 6 nitrogen and oxygen atoms in total. The second-order valence-electron chi connectivity index (χ2n) is 6.46. The first-order valence-electron chi connectivity index (χ1n) is 8.90. The van der Waals surface area contributed by atoms with Crippen LogP contribution in [0, 0.1) is 6.92 Å². The molecule has 0 saturated carbocycles. The lowest BCUT2D eigenvalue weighted by atomic mass is 10.0. The maximum Gasteiger partial charge on any atom is 0.329 e. The van der Waals surface area contributed by atoms with Crippen molar-refractivity contribution in [1.82, 2.24) is 15.0 Å². The normalized spacial score (nSPS) is 12.2. The molecule has 1 heterocycles. The number of hydrogen-bond acceptors (Lipinski definition) is 4. The van der Waals surface area contributed by atoms with Gasteiger partial charge in [-0.15, -0.1) is 0 Å². The van der Waals surface area contributed by atoms with E-state index in [-0.39, 0.29) is 4.90 Å². The molecular formula is C21H20BrN3O3S. The number of hydrogen-bond donors (Lipinski definition) is 2. The van der Waals surface area contributed by atoms with Crippen molar-refractivity contribution in [2.45, 2.75) is 24.3 Å². The number of carbonyl (C=O) groups excluding carboxylic acids is 1. The fourth-order valence-corrected chi connectivity index (χ4v) is 4.64. The lowest BCUT2D eigenvalue weighted by Gasteiger charge is -2.20. The molecule has 0 aliphatic heterocycles. The van der Waals surface area contributed by atoms with Crippen LogP contribution in [0.1, 0.15) is 22.9 Å². The van der Waals surface area contributed by atoms with Crippen molar-refractivity contribution in [1.29, 1.82) is 0 Å². The summed E-state index contributed by atoms with van der Waals surface area (Å²) in [5.74, 6) is 0. The highest BCUT2D eigenvalue weighted by Crippen LogP contribution is 2.24. The van der Waals surface area contributed by atoms with Gasteiger partial charge in [-0.05, 0) is 58.6 Å². The van der Waals surface area contributed by atoms with Gasteiger partial charge < -0.3 is 5.32 Å². The molecule has 0 aliphatic carbocycles. The van der Waals surface area contributed by atoms with E-state index in [0.717, 1.165) is 10.0 Å². The minimum absolute atomic E-state index is 0.0637. The lowest BCUT2D eigenvalue weighted by Crippen LogP contribution is -2.42. The number of amides is 2. The topological polar surface area (TPSA) is 88.2 Å². The number of sulfonamides is 1. The molecule has 3 aromatic rings. The average molecular weight is 474 g/mol. The monoisotopic (exact) mass is 473 g/mol. The van der Waals surface area contributed by atoms with Gasteiger partial charge in [0, 0.05) is 10.7 Å². The smallest absolute Gasteiger partial charge is 0.329 e. The van der Waals surface area contributed by atoms with E-state index < -0.39 is 22.1 Å². The summed E-state index contributed by atoms with van der Waals surface area (Å²) in [5, 5.41) is 2.75. The van der Waals surface area contributed by atoms with E-state index in [0.29, 0.717) is 17.7 Å². The van der Waals surface area contributed by atoms with Crippen molar-refractivity contribution in [3.8, 4) is 0 Å². The number of nitrogens with zero attached hydrogens (tertiary/aromatic N) is 1. The standard InChI is InChI=1S/C21H20BrN3O3S/c1-15-8-5-6-12-19(15)29(27,28)25-21(26)24-18(14-16-9-3-2-4-10-16)20-17(22)11-7-13-23-20/h2-13,18H,14H2,1H3,(H2,24,25,26)/t18-/m1/s1. The third-order valence-electron chi connectivity index (χ3n) is 4.32. The SMILES string of the molecule is Cc1ccccc1S(=O)(=O)NC(=O)N[C@H](Cc1ccccc1)c1ncccc1Br. The molecule has 0 bridgehead atoms. The zero-order chi connectivity index (χ0) is 20.9. The van der Waals surface area contributed by atoms with Crippen molar-refractivity contribution in [3.05, 3.63) is 94.2 Å². The fraction of sp³-hybridized carbons (Fsp3) is 0.143. The molecule has 0 spiro atoms. The van der Waals surface area contributed by atoms with E-state index in [1.54, 1.807) is 37.4 Å². The molecule has 29 heavy (non-hydrogen) atoms. The van der Waals surface area contributed by atoms with E-state index >= 15 is 0 Å². The van der Waals surface area contributed by atoms with Crippen molar-refractivity contribution in [2.24, 2.45) is 0 Å². The van der Waals surface area contributed by atoms with Gasteiger partial charge in [-0.25, -0.2) is 17.9 Å². The quantitative estimate of drug-likeness (QED) is 0.563. The molecule has 3 rings (SSSR count). The van der Waals surface area contributed by atoms with Crippen LogP contribution in [0.15, 0.2) is 82.3 Å². The second kappa shape index (κ2) is 9.19. The summed E-state index contributed by atoms with van der Waals surface area (Å²) in [6.45, 7) is 1.68. The summed E-state index contributed by atoms with van der Waals surface area (Å²) >= 11 is 3.46. The van der Waals surface area contributed by atoms with Gasteiger partial charge in [0.2, 0.25) is 0 Å². The molecule has 8 heteroatoms. The van der Waals surface area contributed by atoms with Crippen molar-refractivity contribution < 1.29 is 13.2 Å². The van der Waals surface area contributed by atoms with Crippen LogP contribution in [-0.4, -0.2) is 19.4 Å². The Bertz CT molecular complexity index is 1100. The highest BCUT2D eigenvalue weighted by atomic mass is 79.9. The number of aromatic nitrogens is 1. The predicted molar refractivity (Wildman–Crippen MR) is 115 cm³/mol. The first-order chi connectivity index (χ1) is 13.9. The number of urea groups is 1. The Morgan fingerprint density at radius 2 is 1.72 bits per heavy atom. The van der Waals surface area contributed by atoms with Crippen LogP contribution >= 0.6 is 15.9 Å². The third kappa shape index (κ3) is 5.42. The summed E-state index contributed by atoms with van der Waals surface area (Å²) in [7, 11) is -4.00. The van der Waals surface area contributed by atoms with Crippen LogP contribution in [0.2, 0.25) is 0 Å². The van der Waals surface area contributed by atoms with Crippen LogP contribution in [0.3, 0.4) is 0 Å². The van der Waals surface area contributed by atoms with Crippen LogP contribution < -0.4 is 10.0 Å². The first kappa shape index (κ1) is 21.0. The van der Waals surface area contributed by atoms with Gasteiger partial charge in [0.15, 0.2) is 0 Å². The largest absolute Gasteiger partial charge is 0.329 e. The fourth-order valence-electron chi connectivity index (χ4n) is 2.94. The molecule has 2 aromatic carbocycles. The van der Waals surface area contributed by atoms with Crippen molar-refractivity contribution >= 4 is 32.0 Å². The Labute approximate surface area is 178 Å². The van der Waals surface area contributed by atoms with E-state index in [2.05, 4.69) is 31.0 Å². The summed E-state index contributed by atoms with van der Waals surface area (Å²) < 4.78 is 28.0. The van der Waals surface area contributed by atoms with Gasteiger partial charge in [-0.3, -0.25) is 4.98 Å². The molecule has 1 atom stereocenters. The number of benzene rings is 2. The minimum atomic E-state index is -4.00. The highest BCUT2D eigenvalue weighted by molar-refractivity contribution is 9.10. The molecular weight excluding hydrogens is 454 g/mol. The minimum Gasteiger partial charge on any atom is -0.329 e. The Morgan fingerprint density at radius 1 is 1.03 bits per heavy atom. The Balaban J connectivity index is 1.83. The third-order valence-corrected chi connectivity index (χ3v) is 6.48. The molecule has 0 aliphatic rings. The molecule has 150 valence electrons. The number of rotatable bonds is 6. The summed E-state index contributed by atoms with van der Waals surface area (Å²) in [4.78, 5) is 17.0. The average Bonchev–Trinajstić information content (AvgIpc) is 2.68. The predicted octanol–water partition coefficient (Wildman–Crippen LogP) is 4.12. The Hall–Kier alpha value is -2.71. The summed E-state index contributed by atoms with van der Waals surface area (Å²) in [5.41, 5.74) is 2.15. The number of pyridine rings is 1. The van der Waals surface area contributed by atoms with Gasteiger partial charge in [-0.2, -0.15) is 0 Å². The number of nitrogens with one attached hydrogen (secondary N) is 2. The van der Waals surface area contributed by atoms with Crippen molar-refractivity contribution in [2.75, 3.05) is 0 Å². The van der Waals surface area contributed by atoms with Crippen LogP contribution in [0.4, 0.5) is 4.79 Å². The summed E-state index contributed by atoms with van der Waals surface area (Å²) in [6.07, 6.45) is 2.08. The molecule has 2 N–H and O–H groups in total. The lowest BCUT2D eigenvalue weighted by molar-refractivity contribution is 0.241. The number of halogens is 1.